The Morgan fingerprint density at radius 1 is 1.37 bits per heavy atom. The number of nitrogens with zero attached hydrogens (tertiary/aromatic N) is 3. The first-order valence-corrected chi connectivity index (χ1v) is 6.33. The lowest BCUT2D eigenvalue weighted by atomic mass is 10.5. The summed E-state index contributed by atoms with van der Waals surface area (Å²) in [7, 11) is 4.56. The Balaban J connectivity index is 2.74. The van der Waals surface area contributed by atoms with Crippen LogP contribution in [0.15, 0.2) is 14.7 Å². The van der Waals surface area contributed by atoms with Gasteiger partial charge in [0.15, 0.2) is 0 Å². The van der Waals surface area contributed by atoms with Crippen molar-refractivity contribution in [2.75, 3.05) is 5.75 Å². The monoisotopic (exact) mass is 284 g/mol. The van der Waals surface area contributed by atoms with Crippen molar-refractivity contribution in [2.24, 2.45) is 21.1 Å². The number of hydrogen-bond donors (Lipinski definition) is 1. The number of fused-ring (bicyclic) bond motifs is 1. The number of carbonyl (C=O) groups is 1. The zero-order valence-corrected chi connectivity index (χ0v) is 11.4. The summed E-state index contributed by atoms with van der Waals surface area (Å²) < 4.78 is 3.84. The zero-order chi connectivity index (χ0) is 14.3. The third kappa shape index (κ3) is 2.05. The molecule has 2 heterocycles. The smallest absolute Gasteiger partial charge is 0.333 e. The van der Waals surface area contributed by atoms with Crippen molar-refractivity contribution in [3.8, 4) is 0 Å². The van der Waals surface area contributed by atoms with Gasteiger partial charge in [-0.3, -0.25) is 13.9 Å². The molecule has 2 aromatic rings. The number of carboxylic acids is 1. The molecule has 0 radical (unpaired) electrons. The number of aromatic amines is 1. The van der Waals surface area contributed by atoms with Crippen LogP contribution in [0.2, 0.25) is 0 Å². The molecule has 102 valence electrons. The lowest BCUT2D eigenvalue weighted by Gasteiger charge is -1.99. The van der Waals surface area contributed by atoms with Crippen LogP contribution in [0.5, 0.6) is 0 Å². The van der Waals surface area contributed by atoms with Crippen LogP contribution in [-0.4, -0.2) is 25.8 Å². The molecule has 0 aliphatic carbocycles. The zero-order valence-electron chi connectivity index (χ0n) is 10.6. The van der Waals surface area contributed by atoms with Crippen LogP contribution in [-0.2, 0) is 25.9 Å². The fourth-order valence-electron chi connectivity index (χ4n) is 1.82. The van der Waals surface area contributed by atoms with Crippen LogP contribution < -0.4 is 20.9 Å². The van der Waals surface area contributed by atoms with Crippen molar-refractivity contribution >= 4 is 28.9 Å². The average molecular weight is 284 g/mol. The minimum atomic E-state index is -1.20. The first kappa shape index (κ1) is 13.4. The highest BCUT2D eigenvalue weighted by Crippen LogP contribution is 2.13. The first-order chi connectivity index (χ1) is 8.84. The maximum Gasteiger partial charge on any atom is 0.333 e. The molecule has 0 atom stereocenters. The van der Waals surface area contributed by atoms with Crippen molar-refractivity contribution in [2.45, 2.75) is 5.16 Å². The second-order valence-corrected chi connectivity index (χ2v) is 5.02. The number of H-pyrrole nitrogens is 1. The largest absolute Gasteiger partial charge is 0.549 e. The topological polar surface area (TPSA) is 104 Å². The van der Waals surface area contributed by atoms with Crippen LogP contribution in [0.4, 0.5) is 0 Å². The Kier molecular flexibility index (Phi) is 3.23. The number of carboxylic acid groups (broad SMARTS) is 1. The summed E-state index contributed by atoms with van der Waals surface area (Å²) in [5.74, 6) is -1.44. The number of nitrogens with one attached hydrogen (secondary N) is 1. The van der Waals surface area contributed by atoms with E-state index >= 15 is 0 Å². The maximum atomic E-state index is 12.0. The van der Waals surface area contributed by atoms with Gasteiger partial charge in [-0.1, -0.05) is 0 Å². The number of carbonyl (C=O) groups excluding carboxylic acids is 1. The molecule has 0 saturated heterocycles. The van der Waals surface area contributed by atoms with Gasteiger partial charge in [0.25, 0.3) is 11.2 Å². The van der Waals surface area contributed by atoms with Gasteiger partial charge in [-0.25, -0.2) is 14.3 Å². The van der Waals surface area contributed by atoms with Crippen molar-refractivity contribution in [3.05, 3.63) is 20.8 Å². The minimum Gasteiger partial charge on any atom is -0.549 e. The molecule has 9 heteroatoms. The van der Waals surface area contributed by atoms with E-state index in [9.17, 15) is 19.5 Å². The summed E-state index contributed by atoms with van der Waals surface area (Å²) in [5.41, 5.74) is -0.213. The number of aromatic nitrogens is 4. The third-order valence-electron chi connectivity index (χ3n) is 2.83. The quantitative estimate of drug-likeness (QED) is 0.485. The van der Waals surface area contributed by atoms with Gasteiger partial charge < -0.3 is 9.90 Å². The van der Waals surface area contributed by atoms with Gasteiger partial charge in [-0.15, -0.1) is 0 Å². The Labute approximate surface area is 111 Å². The molecule has 0 fully saturated rings. The van der Waals surface area contributed by atoms with E-state index in [1.165, 1.54) is 23.2 Å². The minimum absolute atomic E-state index is 0.241. The molecule has 2 rings (SSSR count). The lowest BCUT2D eigenvalue weighted by molar-refractivity contribution is -0.684. The predicted molar refractivity (Wildman–Crippen MR) is 65.7 cm³/mol. The molecule has 0 spiro atoms. The molecule has 0 aliphatic heterocycles. The van der Waals surface area contributed by atoms with Crippen LogP contribution in [0.3, 0.4) is 0 Å². The summed E-state index contributed by atoms with van der Waals surface area (Å²) >= 11 is 0.992. The maximum absolute atomic E-state index is 12.0. The van der Waals surface area contributed by atoms with Crippen molar-refractivity contribution < 1.29 is 14.5 Å². The van der Waals surface area contributed by atoms with Gasteiger partial charge in [0, 0.05) is 19.8 Å². The van der Waals surface area contributed by atoms with E-state index in [2.05, 4.69) is 4.98 Å². The number of aliphatic carboxylic acids is 1. The van der Waals surface area contributed by atoms with Crippen LogP contribution in [0.1, 0.15) is 0 Å². The highest BCUT2D eigenvalue weighted by molar-refractivity contribution is 7.99. The number of hydrogen-bond acceptors (Lipinski definition) is 5. The Morgan fingerprint density at radius 3 is 2.58 bits per heavy atom. The normalized spacial score (nSPS) is 11.1. The predicted octanol–water partition coefficient (Wildman–Crippen LogP) is -2.77. The molecule has 1 N–H and O–H groups in total. The standard InChI is InChI=1S/C10H12N4O4S/c1-12-6-7(11-9(12)19-4-5(15)16)13(2)10(18)14(3)8(6)17/h4H2,1-3H3,(H,15,16). The molecule has 19 heavy (non-hydrogen) atoms. The molecule has 0 amide bonds. The molecule has 8 nitrogen and oxygen atoms in total. The lowest BCUT2D eigenvalue weighted by Crippen LogP contribution is -2.42. The second-order valence-electron chi connectivity index (χ2n) is 4.05. The van der Waals surface area contributed by atoms with Crippen LogP contribution in [0, 0.1) is 0 Å². The third-order valence-corrected chi connectivity index (χ3v) is 3.86. The molecule has 0 unspecified atom stereocenters. The van der Waals surface area contributed by atoms with E-state index in [4.69, 9.17) is 0 Å². The van der Waals surface area contributed by atoms with Crippen molar-refractivity contribution in [1.82, 2.24) is 14.1 Å². The van der Waals surface area contributed by atoms with Crippen molar-refractivity contribution in [1.29, 1.82) is 0 Å². The summed E-state index contributed by atoms with van der Waals surface area (Å²) in [4.78, 5) is 37.2. The summed E-state index contributed by atoms with van der Waals surface area (Å²) in [6, 6.07) is 0. The van der Waals surface area contributed by atoms with Gasteiger partial charge in [0.2, 0.25) is 0 Å². The van der Waals surface area contributed by atoms with E-state index in [0.717, 1.165) is 16.3 Å². The van der Waals surface area contributed by atoms with E-state index in [-0.39, 0.29) is 5.75 Å². The van der Waals surface area contributed by atoms with Gasteiger partial charge in [0.05, 0.1) is 13.0 Å². The Bertz CT molecular complexity index is 785. The summed E-state index contributed by atoms with van der Waals surface area (Å²) in [6.45, 7) is 0. The molecule has 0 bridgehead atoms. The Hall–Kier alpha value is -2.03. The van der Waals surface area contributed by atoms with Crippen LogP contribution >= 0.6 is 11.8 Å². The SMILES string of the molecule is Cn1c(=O)c2c([nH]c(SCC(=O)[O-])[n+]2C)n(C)c1=O. The van der Waals surface area contributed by atoms with Crippen LogP contribution in [0.25, 0.3) is 11.2 Å². The van der Waals surface area contributed by atoms with E-state index < -0.39 is 17.2 Å². The Morgan fingerprint density at radius 2 is 2.00 bits per heavy atom. The van der Waals surface area contributed by atoms with Gasteiger partial charge in [-0.2, -0.15) is 0 Å². The fraction of sp³-hybridized carbons (Fsp3) is 0.400. The molecule has 0 aromatic carbocycles. The van der Waals surface area contributed by atoms with E-state index in [1.807, 2.05) is 0 Å². The highest BCUT2D eigenvalue weighted by atomic mass is 32.2. The van der Waals surface area contributed by atoms with Gasteiger partial charge in [0.1, 0.15) is 0 Å². The van der Waals surface area contributed by atoms with E-state index in [0.29, 0.717) is 16.3 Å². The van der Waals surface area contributed by atoms with Crippen molar-refractivity contribution in [3.63, 3.8) is 0 Å². The number of imidazole rings is 1. The fourth-order valence-corrected chi connectivity index (χ4v) is 2.53. The average Bonchev–Trinajstić information content (AvgIpc) is 2.69. The molecular weight excluding hydrogens is 272 g/mol. The summed E-state index contributed by atoms with van der Waals surface area (Å²) in [5, 5.41) is 10.9. The summed E-state index contributed by atoms with van der Waals surface area (Å²) in [6.07, 6.45) is 0. The number of rotatable bonds is 3. The second kappa shape index (κ2) is 4.57. The molecular formula is C10H12N4O4S. The number of aryl methyl sites for hydroxylation is 2. The van der Waals surface area contributed by atoms with E-state index in [1.54, 1.807) is 7.05 Å². The molecule has 2 aromatic heterocycles. The highest BCUT2D eigenvalue weighted by Gasteiger charge is 2.23. The molecule has 0 aliphatic rings. The van der Waals surface area contributed by atoms with Gasteiger partial charge in [-0.05, 0) is 11.8 Å². The first-order valence-electron chi connectivity index (χ1n) is 5.35. The van der Waals surface area contributed by atoms with Gasteiger partial charge >= 0.3 is 16.4 Å². The number of thioether (sulfide) groups is 1. The molecule has 0 saturated carbocycles.